The van der Waals surface area contributed by atoms with Gasteiger partial charge in [-0.1, -0.05) is 42.5 Å². The lowest BCUT2D eigenvalue weighted by molar-refractivity contribution is -0.132. The largest absolute Gasteiger partial charge is 0.508 e. The van der Waals surface area contributed by atoms with Crippen LogP contribution in [-0.2, 0) is 25.5 Å². The van der Waals surface area contributed by atoms with Gasteiger partial charge in [-0.3, -0.25) is 19.3 Å². The fourth-order valence-electron chi connectivity index (χ4n) is 4.04. The molecule has 0 spiro atoms. The molecule has 3 amide bonds. The van der Waals surface area contributed by atoms with Gasteiger partial charge in [0, 0.05) is 19.5 Å². The third-order valence-corrected chi connectivity index (χ3v) is 6.19. The zero-order chi connectivity index (χ0) is 27.5. The van der Waals surface area contributed by atoms with Gasteiger partial charge in [0.2, 0.25) is 17.7 Å². The predicted molar refractivity (Wildman–Crippen MR) is 142 cm³/mol. The van der Waals surface area contributed by atoms with Crippen LogP contribution in [0.25, 0.3) is 0 Å². The summed E-state index contributed by atoms with van der Waals surface area (Å²) in [6.45, 7) is 4.00. The summed E-state index contributed by atoms with van der Waals surface area (Å²) in [5.74, 6) is -2.58. The molecule has 1 saturated heterocycles. The van der Waals surface area contributed by atoms with Crippen LogP contribution < -0.4 is 16.0 Å². The summed E-state index contributed by atoms with van der Waals surface area (Å²) in [6, 6.07) is 4.16. The Morgan fingerprint density at radius 3 is 2.39 bits per heavy atom. The summed E-state index contributed by atoms with van der Waals surface area (Å²) < 4.78 is 5.28. The van der Waals surface area contributed by atoms with E-state index in [4.69, 9.17) is 4.74 Å². The predicted octanol–water partition coefficient (Wildman–Crippen LogP) is -0.804. The van der Waals surface area contributed by atoms with E-state index in [-0.39, 0.29) is 24.6 Å². The molecular formula is C26H35BN4O7. The number of hydrogen-bond acceptors (Lipinski definition) is 8. The molecule has 0 aromatic heterocycles. The SMILES string of the molecule is CC(NC(=O)CN1CCOCC1)C(=O)NC(Cc1ccc(O)cc1)C(=O)NC(C=C1C=CC=CC1)B(O)O. The molecule has 11 nitrogen and oxygen atoms in total. The molecule has 1 aromatic rings. The van der Waals surface area contributed by atoms with E-state index in [2.05, 4.69) is 16.0 Å². The van der Waals surface area contributed by atoms with Crippen LogP contribution in [0, 0.1) is 0 Å². The maximum atomic E-state index is 13.2. The average Bonchev–Trinajstić information content (AvgIpc) is 2.90. The number of rotatable bonds is 11. The number of allylic oxidation sites excluding steroid dienone is 5. The Bertz CT molecular complexity index is 1050. The number of carbonyl (C=O) groups is 3. The van der Waals surface area contributed by atoms with E-state index in [1.54, 1.807) is 30.4 Å². The summed E-state index contributed by atoms with van der Waals surface area (Å²) in [5.41, 5.74) is 1.45. The zero-order valence-electron chi connectivity index (χ0n) is 21.4. The summed E-state index contributed by atoms with van der Waals surface area (Å²) in [5, 5.41) is 37.2. The number of phenolic OH excluding ortho intramolecular Hbond substituents is 1. The number of aromatic hydroxyl groups is 1. The fourth-order valence-corrected chi connectivity index (χ4v) is 4.04. The first-order valence-electron chi connectivity index (χ1n) is 12.6. The molecule has 0 radical (unpaired) electrons. The molecule has 3 unspecified atom stereocenters. The topological polar surface area (TPSA) is 160 Å². The van der Waals surface area contributed by atoms with Crippen molar-refractivity contribution in [1.82, 2.24) is 20.9 Å². The van der Waals surface area contributed by atoms with Crippen LogP contribution in [0.2, 0.25) is 0 Å². The molecule has 2 aliphatic rings. The number of ether oxygens (including phenoxy) is 1. The number of nitrogens with one attached hydrogen (secondary N) is 3. The Kier molecular flexibility index (Phi) is 11.1. The van der Waals surface area contributed by atoms with Crippen molar-refractivity contribution in [1.29, 1.82) is 0 Å². The van der Waals surface area contributed by atoms with Crippen LogP contribution in [0.15, 0.2) is 60.2 Å². The first-order valence-corrected chi connectivity index (χ1v) is 12.6. The molecule has 1 aromatic carbocycles. The van der Waals surface area contributed by atoms with Gasteiger partial charge in [0.25, 0.3) is 0 Å². The molecular weight excluding hydrogens is 491 g/mol. The van der Waals surface area contributed by atoms with Crippen LogP contribution in [0.1, 0.15) is 18.9 Å². The standard InChI is InChI=1S/C26H35BN4O7/c1-18(28-24(33)17-31-11-13-38-14-12-31)25(34)29-22(15-20-7-9-21(32)10-8-20)26(35)30-23(27(36)37)16-19-5-3-2-4-6-19/h2-5,7-10,16,18,22-23,32,36-37H,6,11-15,17H2,1H3,(H,28,33)(H,29,34)(H,30,35). The quantitative estimate of drug-likeness (QED) is 0.204. The molecule has 3 atom stereocenters. The molecule has 38 heavy (non-hydrogen) atoms. The van der Waals surface area contributed by atoms with Gasteiger partial charge in [-0.05, 0) is 36.6 Å². The number of amides is 3. The van der Waals surface area contributed by atoms with E-state index in [9.17, 15) is 29.5 Å². The number of morpholine rings is 1. The lowest BCUT2D eigenvalue weighted by Gasteiger charge is -2.27. The lowest BCUT2D eigenvalue weighted by atomic mass is 9.77. The van der Waals surface area contributed by atoms with Crippen LogP contribution in [0.5, 0.6) is 5.75 Å². The second-order valence-corrected chi connectivity index (χ2v) is 9.29. The van der Waals surface area contributed by atoms with Crippen molar-refractivity contribution in [3.8, 4) is 5.75 Å². The van der Waals surface area contributed by atoms with Crippen LogP contribution >= 0.6 is 0 Å². The summed E-state index contributed by atoms with van der Waals surface area (Å²) in [7, 11) is -1.87. The number of benzene rings is 1. The van der Waals surface area contributed by atoms with E-state index >= 15 is 0 Å². The third kappa shape index (κ3) is 9.45. The van der Waals surface area contributed by atoms with Crippen molar-refractivity contribution in [2.24, 2.45) is 0 Å². The molecule has 0 bridgehead atoms. The van der Waals surface area contributed by atoms with Gasteiger partial charge < -0.3 is 35.8 Å². The Morgan fingerprint density at radius 2 is 1.76 bits per heavy atom. The molecule has 1 fully saturated rings. The van der Waals surface area contributed by atoms with Crippen LogP contribution in [-0.4, -0.2) is 95.8 Å². The van der Waals surface area contributed by atoms with Gasteiger partial charge in [0.05, 0.1) is 25.7 Å². The van der Waals surface area contributed by atoms with E-state index in [1.165, 1.54) is 19.1 Å². The Labute approximate surface area is 222 Å². The van der Waals surface area contributed by atoms with E-state index < -0.39 is 37.0 Å². The second-order valence-electron chi connectivity index (χ2n) is 9.29. The van der Waals surface area contributed by atoms with Crippen molar-refractivity contribution in [2.75, 3.05) is 32.8 Å². The van der Waals surface area contributed by atoms with Crippen molar-refractivity contribution < 1.29 is 34.3 Å². The minimum Gasteiger partial charge on any atom is -0.508 e. The zero-order valence-corrected chi connectivity index (χ0v) is 21.4. The monoisotopic (exact) mass is 526 g/mol. The summed E-state index contributed by atoms with van der Waals surface area (Å²) >= 11 is 0. The van der Waals surface area contributed by atoms with E-state index in [1.807, 2.05) is 17.1 Å². The van der Waals surface area contributed by atoms with Crippen molar-refractivity contribution >= 4 is 24.8 Å². The number of hydrogen-bond donors (Lipinski definition) is 6. The van der Waals surface area contributed by atoms with Crippen molar-refractivity contribution in [2.45, 2.75) is 37.8 Å². The molecule has 6 N–H and O–H groups in total. The highest BCUT2D eigenvalue weighted by atomic mass is 16.5. The van der Waals surface area contributed by atoms with E-state index in [0.717, 1.165) is 5.57 Å². The number of carbonyl (C=O) groups excluding carboxylic acids is 3. The average molecular weight is 526 g/mol. The van der Waals surface area contributed by atoms with Gasteiger partial charge >= 0.3 is 7.12 Å². The smallest absolute Gasteiger partial charge is 0.479 e. The van der Waals surface area contributed by atoms with Gasteiger partial charge in [0.15, 0.2) is 0 Å². The third-order valence-electron chi connectivity index (χ3n) is 6.19. The molecule has 12 heteroatoms. The second kappa shape index (κ2) is 14.5. The lowest BCUT2D eigenvalue weighted by Crippen LogP contribution is -2.57. The highest BCUT2D eigenvalue weighted by Crippen LogP contribution is 2.13. The highest BCUT2D eigenvalue weighted by Gasteiger charge is 2.30. The minimum absolute atomic E-state index is 0.0556. The van der Waals surface area contributed by atoms with E-state index in [0.29, 0.717) is 38.3 Å². The molecule has 0 saturated carbocycles. The number of nitrogens with zero attached hydrogens (tertiary/aromatic N) is 1. The highest BCUT2D eigenvalue weighted by molar-refractivity contribution is 6.44. The van der Waals surface area contributed by atoms with Gasteiger partial charge in [-0.2, -0.15) is 0 Å². The van der Waals surface area contributed by atoms with Crippen LogP contribution in [0.3, 0.4) is 0 Å². The molecule has 1 heterocycles. The number of phenols is 1. The Balaban J connectivity index is 1.67. The van der Waals surface area contributed by atoms with Gasteiger partial charge in [0.1, 0.15) is 17.8 Å². The summed E-state index contributed by atoms with van der Waals surface area (Å²) in [6.07, 6.45) is 9.57. The fraction of sp³-hybridized carbons (Fsp3) is 0.423. The van der Waals surface area contributed by atoms with Gasteiger partial charge in [-0.15, -0.1) is 0 Å². The summed E-state index contributed by atoms with van der Waals surface area (Å²) in [4.78, 5) is 40.6. The maximum absolute atomic E-state index is 13.2. The van der Waals surface area contributed by atoms with Gasteiger partial charge in [-0.25, -0.2) is 0 Å². The Morgan fingerprint density at radius 1 is 1.05 bits per heavy atom. The Hall–Kier alpha value is -3.45. The first kappa shape index (κ1) is 29.1. The molecule has 204 valence electrons. The molecule has 1 aliphatic heterocycles. The van der Waals surface area contributed by atoms with Crippen molar-refractivity contribution in [3.05, 3.63) is 65.8 Å². The molecule has 1 aliphatic carbocycles. The maximum Gasteiger partial charge on any atom is 0.479 e. The minimum atomic E-state index is -1.87. The normalized spacial score (nSPS) is 18.9. The first-order chi connectivity index (χ1) is 18.2. The van der Waals surface area contributed by atoms with Crippen molar-refractivity contribution in [3.63, 3.8) is 0 Å². The van der Waals surface area contributed by atoms with Crippen LogP contribution in [0.4, 0.5) is 0 Å². The molecule has 3 rings (SSSR count).